The zero-order valence-electron chi connectivity index (χ0n) is 26.5. The van der Waals surface area contributed by atoms with Crippen LogP contribution in [0.2, 0.25) is 5.02 Å². The number of nitriles is 1. The predicted octanol–water partition coefficient (Wildman–Crippen LogP) is 4.44. The second-order valence-electron chi connectivity index (χ2n) is 12.7. The number of aliphatic hydroxyl groups is 1. The second-order valence-corrected chi connectivity index (χ2v) is 13.0. The van der Waals surface area contributed by atoms with Crippen LogP contribution in [0.3, 0.4) is 0 Å². The zero-order valence-corrected chi connectivity index (χ0v) is 27.2. The Hall–Kier alpha value is -4.23. The molecule has 0 spiro atoms. The molecule has 1 aromatic carbocycles. The van der Waals surface area contributed by atoms with Gasteiger partial charge >= 0.3 is 12.1 Å². The smallest absolute Gasteiger partial charge is 0.407 e. The quantitative estimate of drug-likeness (QED) is 0.240. The van der Waals surface area contributed by atoms with E-state index in [9.17, 15) is 20.3 Å². The lowest BCUT2D eigenvalue weighted by atomic mass is 9.99. The molecule has 0 aliphatic carbocycles. The van der Waals surface area contributed by atoms with E-state index in [0.717, 1.165) is 38.6 Å². The van der Waals surface area contributed by atoms with Crippen molar-refractivity contribution in [3.8, 4) is 12.1 Å². The van der Waals surface area contributed by atoms with Crippen molar-refractivity contribution in [2.45, 2.75) is 62.9 Å². The van der Waals surface area contributed by atoms with Gasteiger partial charge in [0.1, 0.15) is 29.6 Å². The topological polar surface area (TPSA) is 169 Å². The standard InChI is InChI=1S/C32H37ClFN9O5/c1-40-9-4-5-19(40)17-48-31-38-27-21(14-36-28(27)30(39-31)41-10-11-42(32(45)46)18(16-41)7-8-35)29(44)25-20-15-37-43(24-6-2-3-12-47-24)23(20)13-22(34)26(25)33/h13-15,18-19,24,29,36,44H,2-7,9-12,16-17H2,1H3,(H,45,46)/t18-,19-,24?,29?/m0/s1. The fourth-order valence-electron chi connectivity index (χ4n) is 7.15. The van der Waals surface area contributed by atoms with Crippen LogP contribution in [0.1, 0.15) is 62.0 Å². The van der Waals surface area contributed by atoms with Crippen molar-refractivity contribution in [1.29, 1.82) is 5.26 Å². The largest absolute Gasteiger partial charge is 0.465 e. The minimum atomic E-state index is -1.42. The number of nitrogens with zero attached hydrogens (tertiary/aromatic N) is 8. The minimum absolute atomic E-state index is 0.0107. The number of hydrogen-bond acceptors (Lipinski definition) is 10. The Morgan fingerprint density at radius 1 is 1.25 bits per heavy atom. The molecule has 48 heavy (non-hydrogen) atoms. The van der Waals surface area contributed by atoms with Gasteiger partial charge in [-0.05, 0) is 45.7 Å². The number of hydrogen-bond donors (Lipinski definition) is 3. The molecule has 3 aliphatic rings. The molecule has 14 nitrogen and oxygen atoms in total. The van der Waals surface area contributed by atoms with Crippen LogP contribution < -0.4 is 9.64 Å². The minimum Gasteiger partial charge on any atom is -0.465 e. The van der Waals surface area contributed by atoms with Crippen LogP contribution in [0.4, 0.5) is 15.0 Å². The van der Waals surface area contributed by atoms with Crippen molar-refractivity contribution in [2.24, 2.45) is 0 Å². The highest BCUT2D eigenvalue weighted by Crippen LogP contribution is 2.41. The zero-order chi connectivity index (χ0) is 33.5. The fraction of sp³-hybridized carbons (Fsp3) is 0.531. The third kappa shape index (κ3) is 5.87. The summed E-state index contributed by atoms with van der Waals surface area (Å²) in [5, 5.41) is 35.9. The Labute approximate surface area is 280 Å². The van der Waals surface area contributed by atoms with E-state index in [1.165, 1.54) is 11.0 Å². The Bertz CT molecular complexity index is 1870. The van der Waals surface area contributed by atoms with Crippen molar-refractivity contribution in [3.63, 3.8) is 0 Å². The van der Waals surface area contributed by atoms with Gasteiger partial charge in [-0.1, -0.05) is 11.6 Å². The lowest BCUT2D eigenvalue weighted by Crippen LogP contribution is -2.55. The number of aromatic nitrogens is 5. The molecular formula is C32H37ClFN9O5. The van der Waals surface area contributed by atoms with Gasteiger partial charge in [-0.2, -0.15) is 20.3 Å². The van der Waals surface area contributed by atoms with Gasteiger partial charge in [0, 0.05) is 61.1 Å². The number of fused-ring (bicyclic) bond motifs is 2. The van der Waals surface area contributed by atoms with Crippen molar-refractivity contribution < 1.29 is 28.9 Å². The van der Waals surface area contributed by atoms with Crippen molar-refractivity contribution in [3.05, 3.63) is 40.4 Å². The Balaban J connectivity index is 1.30. The van der Waals surface area contributed by atoms with E-state index in [4.69, 9.17) is 31.0 Å². The van der Waals surface area contributed by atoms with Gasteiger partial charge in [0.05, 0.1) is 35.3 Å². The molecular weight excluding hydrogens is 645 g/mol. The van der Waals surface area contributed by atoms with Gasteiger partial charge in [-0.15, -0.1) is 0 Å². The number of likely N-dealkylation sites (tertiary alicyclic amines) is 1. The van der Waals surface area contributed by atoms with Gasteiger partial charge < -0.3 is 39.4 Å². The van der Waals surface area contributed by atoms with Crippen LogP contribution in [-0.2, 0) is 4.74 Å². The summed E-state index contributed by atoms with van der Waals surface area (Å²) in [5.74, 6) is -0.255. The van der Waals surface area contributed by atoms with Gasteiger partial charge in [-0.25, -0.2) is 13.9 Å². The SMILES string of the molecule is CN1CCC[C@H]1COc1nc(N2CCN(C(=O)O)[C@@H](CC#N)C2)c2[nH]cc(C(O)c3c(Cl)c(F)cc4c3cnn4C3CCCCO3)c2n1. The lowest BCUT2D eigenvalue weighted by Gasteiger charge is -2.39. The Morgan fingerprint density at radius 3 is 2.83 bits per heavy atom. The number of aliphatic hydroxyl groups excluding tert-OH is 1. The average molecular weight is 682 g/mol. The number of carbonyl (C=O) groups is 1. The van der Waals surface area contributed by atoms with Crippen LogP contribution in [0.25, 0.3) is 21.9 Å². The first-order chi connectivity index (χ1) is 23.2. The number of ether oxygens (including phenoxy) is 2. The first kappa shape index (κ1) is 32.3. The van der Waals surface area contributed by atoms with Crippen LogP contribution >= 0.6 is 11.6 Å². The highest BCUT2D eigenvalue weighted by atomic mass is 35.5. The molecule has 4 atom stereocenters. The number of anilines is 1. The summed E-state index contributed by atoms with van der Waals surface area (Å²) in [6.45, 7) is 2.59. The number of benzene rings is 1. The number of halogens is 2. The first-order valence-electron chi connectivity index (χ1n) is 16.2. The average Bonchev–Trinajstić information content (AvgIpc) is 3.82. The molecule has 254 valence electrons. The van der Waals surface area contributed by atoms with E-state index >= 15 is 4.39 Å². The van der Waals surface area contributed by atoms with Crippen molar-refractivity contribution in [1.82, 2.24) is 34.5 Å². The number of rotatable bonds is 8. The molecule has 4 aromatic rings. The van der Waals surface area contributed by atoms with E-state index < -0.39 is 24.1 Å². The summed E-state index contributed by atoms with van der Waals surface area (Å²) in [7, 11) is 2.04. The number of carboxylic acid groups (broad SMARTS) is 1. The molecule has 0 radical (unpaired) electrons. The summed E-state index contributed by atoms with van der Waals surface area (Å²) in [6.07, 6.45) is 4.98. The van der Waals surface area contributed by atoms with Crippen LogP contribution in [0.5, 0.6) is 6.01 Å². The van der Waals surface area contributed by atoms with Crippen LogP contribution in [-0.4, -0.2) is 109 Å². The molecule has 3 saturated heterocycles. The number of piperazine rings is 1. The summed E-state index contributed by atoms with van der Waals surface area (Å²) in [6, 6.07) is 3.10. The van der Waals surface area contributed by atoms with Gasteiger partial charge in [0.25, 0.3) is 0 Å². The highest BCUT2D eigenvalue weighted by molar-refractivity contribution is 6.32. The predicted molar refractivity (Wildman–Crippen MR) is 174 cm³/mol. The van der Waals surface area contributed by atoms with Gasteiger partial charge in [0.2, 0.25) is 0 Å². The summed E-state index contributed by atoms with van der Waals surface area (Å²) in [5.41, 5.74) is 1.75. The molecule has 6 heterocycles. The molecule has 0 saturated carbocycles. The van der Waals surface area contributed by atoms with E-state index in [1.54, 1.807) is 17.1 Å². The molecule has 3 fully saturated rings. The maximum atomic E-state index is 15.4. The summed E-state index contributed by atoms with van der Waals surface area (Å²) < 4.78 is 29.2. The Morgan fingerprint density at radius 2 is 2.10 bits per heavy atom. The molecule has 2 unspecified atom stereocenters. The van der Waals surface area contributed by atoms with Gasteiger partial charge in [0.15, 0.2) is 12.0 Å². The molecule has 7 rings (SSSR count). The normalized spacial score (nSPS) is 22.8. The lowest BCUT2D eigenvalue weighted by molar-refractivity contribution is -0.0367. The van der Waals surface area contributed by atoms with Crippen molar-refractivity contribution >= 4 is 45.4 Å². The highest BCUT2D eigenvalue weighted by Gasteiger charge is 2.34. The molecule has 1 amide bonds. The molecule has 16 heteroatoms. The number of aromatic amines is 1. The maximum absolute atomic E-state index is 15.4. The van der Waals surface area contributed by atoms with Crippen LogP contribution in [0.15, 0.2) is 18.5 Å². The fourth-order valence-corrected chi connectivity index (χ4v) is 7.41. The third-order valence-electron chi connectivity index (χ3n) is 9.78. The van der Waals surface area contributed by atoms with E-state index in [-0.39, 0.29) is 48.4 Å². The first-order valence-corrected chi connectivity index (χ1v) is 16.6. The van der Waals surface area contributed by atoms with E-state index in [0.29, 0.717) is 53.1 Å². The number of H-pyrrole nitrogens is 1. The van der Waals surface area contributed by atoms with E-state index in [1.807, 2.05) is 11.9 Å². The number of likely N-dealkylation sites (N-methyl/N-ethyl adjacent to an activating group) is 1. The second kappa shape index (κ2) is 13.3. The number of nitrogens with one attached hydrogen (secondary N) is 1. The third-order valence-corrected chi connectivity index (χ3v) is 10.2. The maximum Gasteiger partial charge on any atom is 0.407 e. The number of amides is 1. The molecule has 3 N–H and O–H groups in total. The van der Waals surface area contributed by atoms with Crippen LogP contribution in [0, 0.1) is 17.1 Å². The molecule has 3 aliphatic heterocycles. The molecule has 0 bridgehead atoms. The Kier molecular flexibility index (Phi) is 8.99. The molecule has 3 aromatic heterocycles. The monoisotopic (exact) mass is 681 g/mol. The summed E-state index contributed by atoms with van der Waals surface area (Å²) in [4.78, 5) is 30.0. The van der Waals surface area contributed by atoms with E-state index in [2.05, 4.69) is 21.1 Å². The van der Waals surface area contributed by atoms with Crippen molar-refractivity contribution in [2.75, 3.05) is 51.3 Å². The van der Waals surface area contributed by atoms with Gasteiger partial charge in [-0.3, -0.25) is 0 Å². The summed E-state index contributed by atoms with van der Waals surface area (Å²) >= 11 is 6.57.